The van der Waals surface area contributed by atoms with Crippen LogP contribution in [0.3, 0.4) is 0 Å². The molecule has 2 aromatic carbocycles. The summed E-state index contributed by atoms with van der Waals surface area (Å²) in [5.41, 5.74) is 48.3. The number of aliphatic hydroxyl groups is 1. The van der Waals surface area contributed by atoms with Crippen LogP contribution in [-0.4, -0.2) is 23.2 Å². The van der Waals surface area contributed by atoms with Crippen LogP contribution >= 0.6 is 0 Å². The number of rotatable bonds is 0. The molecule has 11 heteroatoms. The summed E-state index contributed by atoms with van der Waals surface area (Å²) in [7, 11) is 0. The van der Waals surface area contributed by atoms with Crippen LogP contribution in [0.15, 0.2) is 11.3 Å². The lowest BCUT2D eigenvalue weighted by Gasteiger charge is -2.28. The second-order valence-electron chi connectivity index (χ2n) is 6.65. The van der Waals surface area contributed by atoms with Gasteiger partial charge in [-0.1, -0.05) is 0 Å². The molecule has 0 bridgehead atoms. The molecule has 3 unspecified atom stereocenters. The topological polar surface area (TPSA) is 255 Å². The molecule has 0 amide bonds. The summed E-state index contributed by atoms with van der Waals surface area (Å²) in [6.45, 7) is 0. The number of anilines is 6. The van der Waals surface area contributed by atoms with E-state index in [1.165, 1.54) is 0 Å². The highest BCUT2D eigenvalue weighted by Crippen LogP contribution is 2.52. The maximum atomic E-state index is 13.2. The van der Waals surface area contributed by atoms with Crippen molar-refractivity contribution >= 4 is 50.7 Å². The summed E-state index contributed by atoms with van der Waals surface area (Å²) in [4.78, 5) is 13.2. The lowest BCUT2D eigenvalue weighted by atomic mass is 9.80. The van der Waals surface area contributed by atoms with E-state index in [0.29, 0.717) is 0 Å². The molecule has 0 fully saturated rings. The Kier molecular flexibility index (Phi) is 3.19. The van der Waals surface area contributed by atoms with Gasteiger partial charge in [0.2, 0.25) is 5.78 Å². The predicted octanol–water partition coefficient (Wildman–Crippen LogP) is -1.54. The molecule has 4 rings (SSSR count). The predicted molar refractivity (Wildman–Crippen MR) is 104 cm³/mol. The average Bonchev–Trinajstić information content (AvgIpc) is 2.93. The Morgan fingerprint density at radius 2 is 1.30 bits per heavy atom. The van der Waals surface area contributed by atoms with Gasteiger partial charge in [-0.15, -0.1) is 0 Å². The number of carbonyl (C=O) groups excluding carboxylic acids is 1. The Labute approximate surface area is 152 Å². The van der Waals surface area contributed by atoms with Gasteiger partial charge in [0, 0.05) is 27.5 Å². The molecule has 0 spiro atoms. The first-order valence-electron chi connectivity index (χ1n) is 8.00. The summed E-state index contributed by atoms with van der Waals surface area (Å²) >= 11 is 0. The van der Waals surface area contributed by atoms with Gasteiger partial charge >= 0.3 is 0 Å². The Bertz CT molecular complexity index is 1090. The molecule has 2 aromatic rings. The van der Waals surface area contributed by atoms with E-state index in [1.54, 1.807) is 0 Å². The molecule has 27 heavy (non-hydrogen) atoms. The van der Waals surface area contributed by atoms with Crippen LogP contribution in [0.25, 0.3) is 10.8 Å². The molecule has 2 aliphatic rings. The molecule has 142 valence electrons. The summed E-state index contributed by atoms with van der Waals surface area (Å²) in [5, 5.41) is 11.2. The van der Waals surface area contributed by atoms with Gasteiger partial charge in [0.05, 0.1) is 40.2 Å². The van der Waals surface area contributed by atoms with Gasteiger partial charge in [-0.3, -0.25) is 10.5 Å². The Balaban J connectivity index is 2.20. The first-order chi connectivity index (χ1) is 12.6. The molecule has 3 atom stereocenters. The molecule has 0 saturated heterocycles. The van der Waals surface area contributed by atoms with E-state index >= 15 is 0 Å². The number of fused-ring (bicyclic) bond motifs is 3. The average molecular weight is 372 g/mol. The smallest absolute Gasteiger partial charge is 0.228 e. The zero-order valence-corrected chi connectivity index (χ0v) is 14.1. The highest BCUT2D eigenvalue weighted by Gasteiger charge is 2.46. The quantitative estimate of drug-likeness (QED) is 0.189. The van der Waals surface area contributed by atoms with Gasteiger partial charge in [-0.2, -0.15) is 0 Å². The number of nitrogens with two attached hydrogens (primary N) is 8. The van der Waals surface area contributed by atoms with Crippen molar-refractivity contribution < 1.29 is 14.6 Å². The van der Waals surface area contributed by atoms with Gasteiger partial charge in [0.15, 0.2) is 12.0 Å². The van der Waals surface area contributed by atoms with Crippen LogP contribution in [0.1, 0.15) is 22.0 Å². The second-order valence-corrected chi connectivity index (χ2v) is 6.65. The molecule has 0 radical (unpaired) electrons. The fraction of sp³-hybridized carbons (Fsp3) is 0.188. The first-order valence-corrected chi connectivity index (χ1v) is 8.00. The molecule has 0 aromatic heterocycles. The van der Waals surface area contributed by atoms with Crippen LogP contribution < -0.4 is 45.9 Å². The van der Waals surface area contributed by atoms with Crippen molar-refractivity contribution in [2.45, 2.75) is 18.4 Å². The Morgan fingerprint density at radius 3 is 1.89 bits per heavy atom. The van der Waals surface area contributed by atoms with Crippen LogP contribution in [-0.2, 0) is 4.74 Å². The van der Waals surface area contributed by atoms with Gasteiger partial charge in [0.25, 0.3) is 0 Å². The molecular weight excluding hydrogens is 352 g/mol. The largest absolute Gasteiger partial charge is 0.469 e. The van der Waals surface area contributed by atoms with Crippen LogP contribution in [0.4, 0.5) is 34.1 Å². The number of hydrogen-bond donors (Lipinski definition) is 9. The number of benzene rings is 2. The summed E-state index contributed by atoms with van der Waals surface area (Å²) in [6.07, 6.45) is -2.35. The van der Waals surface area contributed by atoms with Crippen molar-refractivity contribution in [1.82, 2.24) is 0 Å². The maximum absolute atomic E-state index is 13.2. The summed E-state index contributed by atoms with van der Waals surface area (Å²) < 4.78 is 5.38. The maximum Gasteiger partial charge on any atom is 0.228 e. The fourth-order valence-corrected chi connectivity index (χ4v) is 3.80. The van der Waals surface area contributed by atoms with E-state index in [9.17, 15) is 9.90 Å². The minimum Gasteiger partial charge on any atom is -0.469 e. The van der Waals surface area contributed by atoms with E-state index in [-0.39, 0.29) is 67.4 Å². The van der Waals surface area contributed by atoms with Crippen molar-refractivity contribution in [3.63, 3.8) is 0 Å². The number of ether oxygens (including phenoxy) is 1. The van der Waals surface area contributed by atoms with Crippen molar-refractivity contribution in [3.8, 4) is 0 Å². The van der Waals surface area contributed by atoms with E-state index in [0.717, 1.165) is 0 Å². The number of hydrogen-bond acceptors (Lipinski definition) is 11. The second kappa shape index (κ2) is 5.07. The summed E-state index contributed by atoms with van der Waals surface area (Å²) in [5.74, 6) is -0.741. The van der Waals surface area contributed by atoms with Crippen molar-refractivity contribution in [2.75, 3.05) is 34.4 Å². The van der Waals surface area contributed by atoms with Gasteiger partial charge < -0.3 is 50.0 Å². The van der Waals surface area contributed by atoms with E-state index in [1.807, 2.05) is 0 Å². The van der Waals surface area contributed by atoms with E-state index in [2.05, 4.69) is 0 Å². The molecular formula is C16H20N8O3. The first kappa shape index (κ1) is 17.0. The third-order valence-electron chi connectivity index (χ3n) is 5.26. The molecule has 1 aliphatic carbocycles. The number of nitrogen functional groups attached to an aromatic ring is 6. The standard InChI is InChI=1S/C16H20N8O3/c17-6-1-2-4(9(20)7(18)3(1)8(19)12(23)11(6)22)13(25)5-10(21)16(24)27-15(5)14(2)26/h10,13,16,25H,17-24H2. The number of ketones is 1. The highest BCUT2D eigenvalue weighted by atomic mass is 16.5. The molecule has 0 saturated carbocycles. The minimum atomic E-state index is -1.36. The van der Waals surface area contributed by atoms with Crippen LogP contribution in [0, 0.1) is 0 Å². The van der Waals surface area contributed by atoms with Crippen LogP contribution in [0.2, 0.25) is 0 Å². The van der Waals surface area contributed by atoms with Gasteiger partial charge in [-0.25, -0.2) is 0 Å². The number of aliphatic hydroxyl groups excluding tert-OH is 1. The minimum absolute atomic E-state index is 0.00385. The lowest BCUT2D eigenvalue weighted by molar-refractivity contribution is 0.0837. The zero-order valence-electron chi connectivity index (χ0n) is 14.1. The normalized spacial score (nSPS) is 24.1. The van der Waals surface area contributed by atoms with Crippen molar-refractivity contribution in [1.29, 1.82) is 0 Å². The zero-order chi connectivity index (χ0) is 19.9. The number of Topliss-reactive ketones (excluding diaryl/α,β-unsaturated/α-hetero) is 1. The SMILES string of the molecule is Nc1c(N)c(N)c2c3c(c(N)c(N)c2c1N)C(O)C1=C(OC(N)C1N)C3=O. The number of allylic oxidation sites excluding steroid dienone is 1. The van der Waals surface area contributed by atoms with Gasteiger partial charge in [0.1, 0.15) is 6.10 Å². The fourth-order valence-electron chi connectivity index (χ4n) is 3.80. The third-order valence-corrected chi connectivity index (χ3v) is 5.26. The Hall–Kier alpha value is -3.41. The van der Waals surface area contributed by atoms with Crippen molar-refractivity contribution in [3.05, 3.63) is 22.5 Å². The lowest BCUT2D eigenvalue weighted by Crippen LogP contribution is -2.41. The monoisotopic (exact) mass is 372 g/mol. The van der Waals surface area contributed by atoms with E-state index in [4.69, 9.17) is 50.6 Å². The van der Waals surface area contributed by atoms with Crippen LogP contribution in [0.5, 0.6) is 0 Å². The molecule has 11 nitrogen and oxygen atoms in total. The highest BCUT2D eigenvalue weighted by molar-refractivity contribution is 6.29. The van der Waals surface area contributed by atoms with Gasteiger partial charge in [-0.05, 0) is 0 Å². The summed E-state index contributed by atoms with van der Waals surface area (Å²) in [6, 6.07) is -0.887. The third kappa shape index (κ3) is 1.82. The van der Waals surface area contributed by atoms with E-state index < -0.39 is 24.2 Å². The number of carbonyl (C=O) groups is 1. The molecule has 1 aliphatic heterocycles. The molecule has 17 N–H and O–H groups in total. The Morgan fingerprint density at radius 1 is 0.778 bits per heavy atom. The molecule has 1 heterocycles. The van der Waals surface area contributed by atoms with Crippen molar-refractivity contribution in [2.24, 2.45) is 11.5 Å².